The highest BCUT2D eigenvalue weighted by Crippen LogP contribution is 2.04. The summed E-state index contributed by atoms with van der Waals surface area (Å²) in [5, 5.41) is 2.89. The SMILES string of the molecule is CCCCCCCCNC(=O)[C@H](N)Cc1cnc[nH]1. The second-order valence-electron chi connectivity index (χ2n) is 4.95. The summed E-state index contributed by atoms with van der Waals surface area (Å²) in [5.74, 6) is -0.0804. The molecular weight excluding hydrogens is 240 g/mol. The van der Waals surface area contributed by atoms with E-state index < -0.39 is 6.04 Å². The first-order valence-corrected chi connectivity index (χ1v) is 7.24. The van der Waals surface area contributed by atoms with Gasteiger partial charge in [-0.1, -0.05) is 39.0 Å². The molecule has 0 aromatic carbocycles. The molecule has 19 heavy (non-hydrogen) atoms. The van der Waals surface area contributed by atoms with Gasteiger partial charge < -0.3 is 16.0 Å². The molecule has 0 aliphatic rings. The maximum atomic E-state index is 11.7. The fourth-order valence-electron chi connectivity index (χ4n) is 1.97. The van der Waals surface area contributed by atoms with E-state index in [0.717, 1.165) is 18.7 Å². The number of amides is 1. The Labute approximate surface area is 115 Å². The first kappa shape index (κ1) is 15.7. The molecule has 0 spiro atoms. The second kappa shape index (κ2) is 9.55. The zero-order valence-electron chi connectivity index (χ0n) is 11.8. The number of nitrogens with one attached hydrogen (secondary N) is 2. The van der Waals surface area contributed by atoms with Crippen molar-refractivity contribution in [3.05, 3.63) is 18.2 Å². The minimum atomic E-state index is -0.499. The molecule has 0 radical (unpaired) electrons. The monoisotopic (exact) mass is 266 g/mol. The first-order valence-electron chi connectivity index (χ1n) is 7.24. The number of carbonyl (C=O) groups is 1. The molecule has 4 N–H and O–H groups in total. The quantitative estimate of drug-likeness (QED) is 0.564. The van der Waals surface area contributed by atoms with Crippen molar-refractivity contribution in [1.29, 1.82) is 0 Å². The van der Waals surface area contributed by atoms with E-state index in [2.05, 4.69) is 22.2 Å². The molecule has 0 saturated heterocycles. The van der Waals surface area contributed by atoms with Gasteiger partial charge in [0.2, 0.25) is 5.91 Å². The third-order valence-electron chi connectivity index (χ3n) is 3.16. The Hall–Kier alpha value is -1.36. The molecule has 0 unspecified atom stereocenters. The minimum absolute atomic E-state index is 0.0804. The average molecular weight is 266 g/mol. The maximum absolute atomic E-state index is 11.7. The molecule has 1 amide bonds. The molecule has 1 aromatic heterocycles. The number of rotatable bonds is 10. The van der Waals surface area contributed by atoms with Gasteiger partial charge in [-0.2, -0.15) is 0 Å². The van der Waals surface area contributed by atoms with Crippen molar-refractivity contribution in [3.63, 3.8) is 0 Å². The minimum Gasteiger partial charge on any atom is -0.355 e. The number of H-pyrrole nitrogens is 1. The summed E-state index contributed by atoms with van der Waals surface area (Å²) in [7, 11) is 0. The molecule has 108 valence electrons. The largest absolute Gasteiger partial charge is 0.355 e. The van der Waals surface area contributed by atoms with Gasteiger partial charge >= 0.3 is 0 Å². The Balaban J connectivity index is 2.03. The van der Waals surface area contributed by atoms with Gasteiger partial charge in [-0.25, -0.2) is 4.98 Å². The van der Waals surface area contributed by atoms with Crippen molar-refractivity contribution in [3.8, 4) is 0 Å². The lowest BCUT2D eigenvalue weighted by molar-refractivity contribution is -0.122. The lowest BCUT2D eigenvalue weighted by Gasteiger charge is -2.11. The second-order valence-corrected chi connectivity index (χ2v) is 4.95. The number of carbonyl (C=O) groups excluding carboxylic acids is 1. The van der Waals surface area contributed by atoms with E-state index in [-0.39, 0.29) is 5.91 Å². The van der Waals surface area contributed by atoms with E-state index in [1.165, 1.54) is 32.1 Å². The fraction of sp³-hybridized carbons (Fsp3) is 0.714. The van der Waals surface area contributed by atoms with E-state index in [9.17, 15) is 4.79 Å². The molecule has 1 atom stereocenters. The Morgan fingerprint density at radius 3 is 2.79 bits per heavy atom. The molecule has 5 heteroatoms. The highest BCUT2D eigenvalue weighted by molar-refractivity contribution is 5.81. The van der Waals surface area contributed by atoms with Crippen LogP contribution in [0.25, 0.3) is 0 Å². The lowest BCUT2D eigenvalue weighted by atomic mass is 10.1. The molecule has 1 heterocycles. The standard InChI is InChI=1S/C14H26N4O/c1-2-3-4-5-6-7-8-17-14(19)13(15)9-12-10-16-11-18-12/h10-11,13H,2-9,15H2,1H3,(H,16,18)(H,17,19)/t13-/m1/s1. The van der Waals surface area contributed by atoms with Crippen LogP contribution >= 0.6 is 0 Å². The first-order chi connectivity index (χ1) is 9.24. The summed E-state index contributed by atoms with van der Waals surface area (Å²) >= 11 is 0. The van der Waals surface area contributed by atoms with Crippen molar-refractivity contribution in [2.45, 2.75) is 57.9 Å². The normalized spacial score (nSPS) is 12.3. The number of nitrogens with zero attached hydrogens (tertiary/aromatic N) is 1. The summed E-state index contributed by atoms with van der Waals surface area (Å²) in [5.41, 5.74) is 6.72. The van der Waals surface area contributed by atoms with E-state index >= 15 is 0 Å². The van der Waals surface area contributed by atoms with Crippen LogP contribution in [-0.4, -0.2) is 28.5 Å². The molecule has 0 bridgehead atoms. The van der Waals surface area contributed by atoms with Gasteiger partial charge in [-0.15, -0.1) is 0 Å². The van der Waals surface area contributed by atoms with E-state index in [1.54, 1.807) is 12.5 Å². The van der Waals surface area contributed by atoms with Crippen molar-refractivity contribution >= 4 is 5.91 Å². The molecular formula is C14H26N4O. The van der Waals surface area contributed by atoms with Crippen LogP contribution in [0, 0.1) is 0 Å². The average Bonchev–Trinajstić information content (AvgIpc) is 2.90. The van der Waals surface area contributed by atoms with Crippen LogP contribution in [-0.2, 0) is 11.2 Å². The Morgan fingerprint density at radius 1 is 1.37 bits per heavy atom. The summed E-state index contributed by atoms with van der Waals surface area (Å²) in [4.78, 5) is 18.6. The number of nitrogens with two attached hydrogens (primary N) is 1. The number of hydrogen-bond acceptors (Lipinski definition) is 3. The zero-order valence-corrected chi connectivity index (χ0v) is 11.8. The molecule has 0 fully saturated rings. The Morgan fingerprint density at radius 2 is 2.11 bits per heavy atom. The summed E-state index contributed by atoms with van der Waals surface area (Å²) in [6.45, 7) is 2.93. The van der Waals surface area contributed by atoms with Crippen LogP contribution in [0.1, 0.15) is 51.1 Å². The maximum Gasteiger partial charge on any atom is 0.237 e. The predicted molar refractivity (Wildman–Crippen MR) is 76.7 cm³/mol. The van der Waals surface area contributed by atoms with Crippen LogP contribution in [0.2, 0.25) is 0 Å². The highest BCUT2D eigenvalue weighted by Gasteiger charge is 2.13. The van der Waals surface area contributed by atoms with Crippen molar-refractivity contribution < 1.29 is 4.79 Å². The van der Waals surface area contributed by atoms with Gasteiger partial charge in [0.25, 0.3) is 0 Å². The third-order valence-corrected chi connectivity index (χ3v) is 3.16. The van der Waals surface area contributed by atoms with Crippen molar-refractivity contribution in [2.24, 2.45) is 5.73 Å². The van der Waals surface area contributed by atoms with Gasteiger partial charge in [0.1, 0.15) is 0 Å². The topological polar surface area (TPSA) is 83.8 Å². The predicted octanol–water partition coefficient (Wildman–Crippen LogP) is 1.76. The number of imidazole rings is 1. The summed E-state index contributed by atoms with van der Waals surface area (Å²) in [6.07, 6.45) is 11.1. The molecule has 0 aliphatic carbocycles. The molecule has 1 aromatic rings. The van der Waals surface area contributed by atoms with Crippen LogP contribution in [0.15, 0.2) is 12.5 Å². The Kier molecular flexibility index (Phi) is 7.89. The number of hydrogen-bond donors (Lipinski definition) is 3. The highest BCUT2D eigenvalue weighted by atomic mass is 16.2. The number of aromatic amines is 1. The zero-order chi connectivity index (χ0) is 13.9. The molecule has 1 rings (SSSR count). The van der Waals surface area contributed by atoms with E-state index in [4.69, 9.17) is 5.73 Å². The number of unbranched alkanes of at least 4 members (excludes halogenated alkanes) is 5. The fourth-order valence-corrected chi connectivity index (χ4v) is 1.97. The van der Waals surface area contributed by atoms with Gasteiger partial charge in [-0.3, -0.25) is 4.79 Å². The molecule has 0 aliphatic heterocycles. The van der Waals surface area contributed by atoms with Crippen LogP contribution in [0.5, 0.6) is 0 Å². The van der Waals surface area contributed by atoms with Crippen molar-refractivity contribution in [2.75, 3.05) is 6.54 Å². The smallest absolute Gasteiger partial charge is 0.237 e. The molecule has 5 nitrogen and oxygen atoms in total. The van der Waals surface area contributed by atoms with Gasteiger partial charge in [0, 0.05) is 24.9 Å². The van der Waals surface area contributed by atoms with Gasteiger partial charge in [0.15, 0.2) is 0 Å². The van der Waals surface area contributed by atoms with E-state index in [1.807, 2.05) is 0 Å². The van der Waals surface area contributed by atoms with Gasteiger partial charge in [-0.05, 0) is 6.42 Å². The van der Waals surface area contributed by atoms with E-state index in [0.29, 0.717) is 6.42 Å². The van der Waals surface area contributed by atoms with Gasteiger partial charge in [0.05, 0.1) is 12.4 Å². The van der Waals surface area contributed by atoms with Crippen LogP contribution in [0.4, 0.5) is 0 Å². The summed E-state index contributed by atoms with van der Waals surface area (Å²) in [6, 6.07) is -0.499. The molecule has 0 saturated carbocycles. The lowest BCUT2D eigenvalue weighted by Crippen LogP contribution is -2.42. The number of aromatic nitrogens is 2. The van der Waals surface area contributed by atoms with Crippen molar-refractivity contribution in [1.82, 2.24) is 15.3 Å². The van der Waals surface area contributed by atoms with Crippen LogP contribution < -0.4 is 11.1 Å². The Bertz CT molecular complexity index is 337. The van der Waals surface area contributed by atoms with Crippen LogP contribution in [0.3, 0.4) is 0 Å². The third kappa shape index (κ3) is 6.96. The summed E-state index contributed by atoms with van der Waals surface area (Å²) < 4.78 is 0.